The zero-order valence-corrected chi connectivity index (χ0v) is 8.57. The Hall–Kier alpha value is -1.24. The van der Waals surface area contributed by atoms with Crippen LogP contribution >= 0.6 is 0 Å². The van der Waals surface area contributed by atoms with Crippen molar-refractivity contribution in [3.63, 3.8) is 0 Å². The quantitative estimate of drug-likeness (QED) is 0.645. The van der Waals surface area contributed by atoms with Crippen LogP contribution in [0, 0.1) is 0 Å². The Labute approximate surface area is 85.4 Å². The maximum absolute atomic E-state index is 5.90. The molecule has 0 saturated carbocycles. The zero-order valence-electron chi connectivity index (χ0n) is 8.57. The molecule has 1 atom stereocenters. The molecule has 1 aromatic carbocycles. The predicted octanol–water partition coefficient (Wildman–Crippen LogP) is 3.56. The van der Waals surface area contributed by atoms with E-state index in [0.29, 0.717) is 6.10 Å². The Bertz CT molecular complexity index is 313. The van der Waals surface area contributed by atoms with Crippen molar-refractivity contribution in [2.75, 3.05) is 0 Å². The third kappa shape index (κ3) is 2.16. The molecule has 0 aliphatic heterocycles. The van der Waals surface area contributed by atoms with E-state index in [0.717, 1.165) is 12.2 Å². The molecule has 1 unspecified atom stereocenters. The molecular formula is C13H16O. The molecular weight excluding hydrogens is 172 g/mol. The van der Waals surface area contributed by atoms with Gasteiger partial charge in [-0.3, -0.25) is 0 Å². The van der Waals surface area contributed by atoms with Crippen molar-refractivity contribution in [3.05, 3.63) is 42.0 Å². The molecule has 0 fully saturated rings. The summed E-state index contributed by atoms with van der Waals surface area (Å²) in [5.41, 5.74) is 1.38. The molecule has 1 heteroatoms. The second kappa shape index (κ2) is 4.32. The lowest BCUT2D eigenvalue weighted by Crippen LogP contribution is -2.20. The van der Waals surface area contributed by atoms with E-state index in [1.165, 1.54) is 18.4 Å². The number of hydrogen-bond acceptors (Lipinski definition) is 1. The van der Waals surface area contributed by atoms with Gasteiger partial charge in [-0.2, -0.15) is 0 Å². The lowest BCUT2D eigenvalue weighted by molar-refractivity contribution is 0.217. The number of para-hydroxylation sites is 1. The van der Waals surface area contributed by atoms with Gasteiger partial charge in [0, 0.05) is 0 Å². The van der Waals surface area contributed by atoms with Crippen molar-refractivity contribution >= 4 is 0 Å². The maximum Gasteiger partial charge on any atom is 0.120 e. The van der Waals surface area contributed by atoms with Crippen molar-refractivity contribution in [1.29, 1.82) is 0 Å². The molecule has 74 valence electrons. The van der Waals surface area contributed by atoms with Gasteiger partial charge in [-0.05, 0) is 43.9 Å². The van der Waals surface area contributed by atoms with Crippen LogP contribution < -0.4 is 4.74 Å². The van der Waals surface area contributed by atoms with Gasteiger partial charge in [-0.15, -0.1) is 0 Å². The van der Waals surface area contributed by atoms with Crippen molar-refractivity contribution in [2.45, 2.75) is 32.3 Å². The van der Waals surface area contributed by atoms with Crippen LogP contribution in [0.4, 0.5) is 0 Å². The van der Waals surface area contributed by atoms with Gasteiger partial charge in [-0.1, -0.05) is 24.3 Å². The molecule has 0 amide bonds. The van der Waals surface area contributed by atoms with Gasteiger partial charge in [0.1, 0.15) is 11.9 Å². The van der Waals surface area contributed by atoms with Gasteiger partial charge < -0.3 is 4.74 Å². The number of ether oxygens (including phenoxy) is 1. The van der Waals surface area contributed by atoms with Crippen LogP contribution in [0.1, 0.15) is 26.2 Å². The first-order valence-corrected chi connectivity index (χ1v) is 5.24. The highest BCUT2D eigenvalue weighted by Crippen LogP contribution is 2.23. The van der Waals surface area contributed by atoms with E-state index in [9.17, 15) is 0 Å². The van der Waals surface area contributed by atoms with Gasteiger partial charge in [0.15, 0.2) is 0 Å². The molecule has 1 aromatic rings. The van der Waals surface area contributed by atoms with Crippen molar-refractivity contribution < 1.29 is 4.74 Å². The Balaban J connectivity index is 2.04. The maximum atomic E-state index is 5.90. The van der Waals surface area contributed by atoms with E-state index in [2.05, 4.69) is 13.0 Å². The number of rotatable bonds is 2. The number of allylic oxidation sites excluding steroid dienone is 1. The monoisotopic (exact) mass is 188 g/mol. The van der Waals surface area contributed by atoms with E-state index >= 15 is 0 Å². The fraction of sp³-hybridized carbons (Fsp3) is 0.385. The highest BCUT2D eigenvalue weighted by molar-refractivity contribution is 5.23. The van der Waals surface area contributed by atoms with Gasteiger partial charge >= 0.3 is 0 Å². The Morgan fingerprint density at radius 1 is 1.21 bits per heavy atom. The molecule has 14 heavy (non-hydrogen) atoms. The van der Waals surface area contributed by atoms with E-state index in [-0.39, 0.29) is 0 Å². The molecule has 1 aliphatic carbocycles. The summed E-state index contributed by atoms with van der Waals surface area (Å²) in [6.45, 7) is 2.16. The fourth-order valence-electron chi connectivity index (χ4n) is 1.81. The molecule has 0 bridgehead atoms. The van der Waals surface area contributed by atoms with E-state index in [1.807, 2.05) is 30.3 Å². The SMILES string of the molecule is CC1=CCCCC1Oc1ccccc1. The minimum atomic E-state index is 0.297. The molecule has 2 rings (SSSR count). The van der Waals surface area contributed by atoms with Gasteiger partial charge in [0.05, 0.1) is 0 Å². The summed E-state index contributed by atoms with van der Waals surface area (Å²) in [6.07, 6.45) is 6.19. The summed E-state index contributed by atoms with van der Waals surface area (Å²) >= 11 is 0. The molecule has 0 heterocycles. The van der Waals surface area contributed by atoms with E-state index in [1.54, 1.807) is 0 Å². The van der Waals surface area contributed by atoms with Gasteiger partial charge in [0.2, 0.25) is 0 Å². The second-order valence-corrected chi connectivity index (χ2v) is 3.80. The highest BCUT2D eigenvalue weighted by atomic mass is 16.5. The van der Waals surface area contributed by atoms with Crippen LogP contribution in [-0.4, -0.2) is 6.10 Å². The fourth-order valence-corrected chi connectivity index (χ4v) is 1.81. The van der Waals surface area contributed by atoms with Crippen LogP contribution in [-0.2, 0) is 0 Å². The molecule has 1 aliphatic rings. The topological polar surface area (TPSA) is 9.23 Å². The summed E-state index contributed by atoms with van der Waals surface area (Å²) in [6, 6.07) is 10.1. The zero-order chi connectivity index (χ0) is 9.80. The van der Waals surface area contributed by atoms with Crippen molar-refractivity contribution in [3.8, 4) is 5.75 Å². The number of benzene rings is 1. The lowest BCUT2D eigenvalue weighted by atomic mass is 9.98. The first kappa shape index (κ1) is 9.32. The first-order chi connectivity index (χ1) is 6.86. The lowest BCUT2D eigenvalue weighted by Gasteiger charge is -2.23. The van der Waals surface area contributed by atoms with Crippen molar-refractivity contribution in [2.24, 2.45) is 0 Å². The molecule has 0 aromatic heterocycles. The summed E-state index contributed by atoms with van der Waals surface area (Å²) in [7, 11) is 0. The normalized spacial score (nSPS) is 21.5. The average molecular weight is 188 g/mol. The summed E-state index contributed by atoms with van der Waals surface area (Å²) in [5, 5.41) is 0. The first-order valence-electron chi connectivity index (χ1n) is 5.24. The summed E-state index contributed by atoms with van der Waals surface area (Å²) in [4.78, 5) is 0. The average Bonchev–Trinajstić information content (AvgIpc) is 2.23. The van der Waals surface area contributed by atoms with Crippen LogP contribution in [0.5, 0.6) is 5.75 Å². The molecule has 0 N–H and O–H groups in total. The Kier molecular flexibility index (Phi) is 2.87. The highest BCUT2D eigenvalue weighted by Gasteiger charge is 2.15. The summed E-state index contributed by atoms with van der Waals surface area (Å²) < 4.78 is 5.90. The molecule has 0 radical (unpaired) electrons. The minimum Gasteiger partial charge on any atom is -0.486 e. The van der Waals surface area contributed by atoms with Gasteiger partial charge in [-0.25, -0.2) is 0 Å². The smallest absolute Gasteiger partial charge is 0.120 e. The second-order valence-electron chi connectivity index (χ2n) is 3.80. The molecule has 1 nitrogen and oxygen atoms in total. The minimum absolute atomic E-state index is 0.297. The van der Waals surface area contributed by atoms with E-state index < -0.39 is 0 Å². The van der Waals surface area contributed by atoms with Crippen LogP contribution in [0.3, 0.4) is 0 Å². The number of hydrogen-bond donors (Lipinski definition) is 0. The van der Waals surface area contributed by atoms with Crippen LogP contribution in [0.2, 0.25) is 0 Å². The van der Waals surface area contributed by atoms with Crippen LogP contribution in [0.15, 0.2) is 42.0 Å². The predicted molar refractivity (Wildman–Crippen MR) is 58.5 cm³/mol. The van der Waals surface area contributed by atoms with Gasteiger partial charge in [0.25, 0.3) is 0 Å². The van der Waals surface area contributed by atoms with Crippen molar-refractivity contribution in [1.82, 2.24) is 0 Å². The molecule has 0 spiro atoms. The Morgan fingerprint density at radius 2 is 2.00 bits per heavy atom. The summed E-state index contributed by atoms with van der Waals surface area (Å²) in [5.74, 6) is 0.979. The third-order valence-corrected chi connectivity index (χ3v) is 2.67. The largest absolute Gasteiger partial charge is 0.486 e. The standard InChI is InChI=1S/C13H16O/c1-11-7-5-6-10-13(11)14-12-8-3-2-4-9-12/h2-4,7-9,13H,5-6,10H2,1H3. The third-order valence-electron chi connectivity index (χ3n) is 2.67. The molecule has 0 saturated heterocycles. The van der Waals surface area contributed by atoms with E-state index in [4.69, 9.17) is 4.74 Å². The van der Waals surface area contributed by atoms with Crippen LogP contribution in [0.25, 0.3) is 0 Å². The Morgan fingerprint density at radius 3 is 2.71 bits per heavy atom.